The molecule has 1 fully saturated rings. The van der Waals surface area contributed by atoms with Crippen LogP contribution in [0.4, 0.5) is 0 Å². The van der Waals surface area contributed by atoms with Crippen molar-refractivity contribution in [2.75, 3.05) is 20.2 Å². The van der Waals surface area contributed by atoms with Crippen molar-refractivity contribution in [2.45, 2.75) is 37.3 Å². The molecule has 3 heterocycles. The second-order valence-corrected chi connectivity index (χ2v) is 5.94. The summed E-state index contributed by atoms with van der Waals surface area (Å²) < 4.78 is 9.87. The first-order chi connectivity index (χ1) is 11.6. The highest BCUT2D eigenvalue weighted by Gasteiger charge is 2.41. The van der Waals surface area contributed by atoms with Gasteiger partial charge in [-0.3, -0.25) is 4.79 Å². The highest BCUT2D eigenvalue weighted by atomic mass is 16.5. The Hall–Kier alpha value is -2.69. The number of terminal acetylenes is 1. The van der Waals surface area contributed by atoms with Crippen molar-refractivity contribution in [3.05, 3.63) is 17.8 Å². The number of methoxy groups -OCH3 is 1. The Morgan fingerprint density at radius 1 is 1.46 bits per heavy atom. The van der Waals surface area contributed by atoms with Gasteiger partial charge in [-0.15, -0.1) is 12.3 Å². The molecule has 1 aromatic heterocycles. The number of likely N-dealkylation sites (tertiary alicyclic amines) is 1. The van der Waals surface area contributed by atoms with E-state index in [0.29, 0.717) is 44.7 Å². The van der Waals surface area contributed by atoms with E-state index in [1.165, 1.54) is 13.4 Å². The summed E-state index contributed by atoms with van der Waals surface area (Å²) in [6, 6.07) is 0. The lowest BCUT2D eigenvalue weighted by Gasteiger charge is -2.37. The smallest absolute Gasteiger partial charge is 0.360 e. The van der Waals surface area contributed by atoms with E-state index in [4.69, 9.17) is 10.8 Å². The molecule has 0 aromatic carbocycles. The van der Waals surface area contributed by atoms with Crippen molar-refractivity contribution in [3.8, 4) is 12.3 Å². The van der Waals surface area contributed by atoms with E-state index < -0.39 is 11.6 Å². The van der Waals surface area contributed by atoms with Gasteiger partial charge in [0.25, 0.3) is 0 Å². The van der Waals surface area contributed by atoms with Gasteiger partial charge in [-0.2, -0.15) is 10.2 Å². The molecule has 8 heteroatoms. The Morgan fingerprint density at radius 2 is 2.21 bits per heavy atom. The van der Waals surface area contributed by atoms with E-state index in [0.717, 1.165) is 0 Å². The fourth-order valence-electron chi connectivity index (χ4n) is 2.65. The predicted molar refractivity (Wildman–Crippen MR) is 82.1 cm³/mol. The number of oxazole rings is 1. The summed E-state index contributed by atoms with van der Waals surface area (Å²) in [6.45, 7) is 1.07. The highest BCUT2D eigenvalue weighted by Crippen LogP contribution is 2.38. The fourth-order valence-corrected chi connectivity index (χ4v) is 2.65. The van der Waals surface area contributed by atoms with Crippen molar-refractivity contribution in [3.63, 3.8) is 0 Å². The van der Waals surface area contributed by atoms with Crippen molar-refractivity contribution < 1.29 is 18.7 Å². The number of ether oxygens (including phenoxy) is 1. The molecule has 0 unspecified atom stereocenters. The zero-order valence-electron chi connectivity index (χ0n) is 13.4. The summed E-state index contributed by atoms with van der Waals surface area (Å²) >= 11 is 0. The summed E-state index contributed by atoms with van der Waals surface area (Å²) in [5.41, 5.74) is -0.283. The van der Waals surface area contributed by atoms with E-state index >= 15 is 0 Å². The molecule has 0 radical (unpaired) electrons. The van der Waals surface area contributed by atoms with Crippen LogP contribution in [0.25, 0.3) is 0 Å². The van der Waals surface area contributed by atoms with E-state index in [2.05, 4.69) is 25.9 Å². The molecule has 2 aliphatic heterocycles. The second kappa shape index (κ2) is 6.43. The van der Waals surface area contributed by atoms with Gasteiger partial charge in [0.15, 0.2) is 11.4 Å². The minimum absolute atomic E-state index is 0.0121. The van der Waals surface area contributed by atoms with Gasteiger partial charge < -0.3 is 14.1 Å². The summed E-state index contributed by atoms with van der Waals surface area (Å²) in [5, 5.41) is 8.05. The Morgan fingerprint density at radius 3 is 2.83 bits per heavy atom. The van der Waals surface area contributed by atoms with Crippen LogP contribution in [-0.2, 0) is 9.53 Å². The Kier molecular flexibility index (Phi) is 4.34. The van der Waals surface area contributed by atoms with E-state index in [1.54, 1.807) is 4.90 Å². The summed E-state index contributed by atoms with van der Waals surface area (Å²) in [6.07, 6.45) is 8.82. The number of hydrogen-bond donors (Lipinski definition) is 0. The Labute approximate surface area is 139 Å². The van der Waals surface area contributed by atoms with Gasteiger partial charge in [0.2, 0.25) is 11.8 Å². The van der Waals surface area contributed by atoms with E-state index in [1.807, 2.05) is 0 Å². The zero-order chi connectivity index (χ0) is 17.2. The summed E-state index contributed by atoms with van der Waals surface area (Å²) in [7, 11) is 1.29. The maximum atomic E-state index is 12.2. The molecule has 0 aliphatic carbocycles. The normalized spacial score (nSPS) is 17.9. The van der Waals surface area contributed by atoms with Gasteiger partial charge in [-0.25, -0.2) is 9.78 Å². The first-order valence-corrected chi connectivity index (χ1v) is 7.76. The van der Waals surface area contributed by atoms with Gasteiger partial charge >= 0.3 is 5.97 Å². The Bertz CT molecular complexity index is 706. The molecule has 0 atom stereocenters. The van der Waals surface area contributed by atoms with Crippen LogP contribution in [0.3, 0.4) is 0 Å². The minimum atomic E-state index is -0.536. The first kappa shape index (κ1) is 16.2. The molecule has 1 aromatic rings. The van der Waals surface area contributed by atoms with Gasteiger partial charge in [0, 0.05) is 38.8 Å². The summed E-state index contributed by atoms with van der Waals surface area (Å²) in [4.78, 5) is 29.4. The first-order valence-electron chi connectivity index (χ1n) is 7.76. The topological polar surface area (TPSA) is 97.4 Å². The third-order valence-corrected chi connectivity index (χ3v) is 4.29. The molecule has 8 nitrogen and oxygen atoms in total. The molecule has 0 spiro atoms. The largest absolute Gasteiger partial charge is 0.464 e. The van der Waals surface area contributed by atoms with Crippen LogP contribution in [0.1, 0.15) is 48.0 Å². The average Bonchev–Trinajstić information content (AvgIpc) is 3.16. The van der Waals surface area contributed by atoms with Gasteiger partial charge in [-0.1, -0.05) is 0 Å². The molecule has 126 valence electrons. The predicted octanol–water partition coefficient (Wildman–Crippen LogP) is 1.74. The molecule has 2 aliphatic rings. The molecule has 24 heavy (non-hydrogen) atoms. The number of esters is 1. The Balaban J connectivity index is 1.43. The van der Waals surface area contributed by atoms with Gasteiger partial charge in [0.1, 0.15) is 6.26 Å². The molecule has 3 rings (SSSR count). The number of rotatable bonds is 7. The van der Waals surface area contributed by atoms with Crippen molar-refractivity contribution in [1.29, 1.82) is 0 Å². The molecular formula is C16H18N4O4. The lowest BCUT2D eigenvalue weighted by molar-refractivity contribution is -0.136. The molecule has 0 N–H and O–H groups in total. The van der Waals surface area contributed by atoms with Crippen molar-refractivity contribution in [2.24, 2.45) is 10.2 Å². The molecule has 0 saturated carbocycles. The minimum Gasteiger partial charge on any atom is -0.464 e. The SMILES string of the molecule is C#CCCC1(CCC(=O)N2CC(c3nc(C(=O)OC)co3)C2)N=N1. The third-order valence-electron chi connectivity index (χ3n) is 4.29. The molecule has 1 saturated heterocycles. The average molecular weight is 330 g/mol. The maximum Gasteiger partial charge on any atom is 0.360 e. The van der Waals surface area contributed by atoms with Crippen LogP contribution < -0.4 is 0 Å². The standard InChI is InChI=1S/C16H18N4O4/c1-3-4-6-16(18-19-16)7-5-13(21)20-8-11(9-20)14-17-12(10-24-14)15(22)23-2/h1,10-11H,4-9H2,2H3. The number of amides is 1. The zero-order valence-corrected chi connectivity index (χ0v) is 13.4. The van der Waals surface area contributed by atoms with Crippen LogP contribution in [0, 0.1) is 12.3 Å². The number of carbonyl (C=O) groups excluding carboxylic acids is 2. The third kappa shape index (κ3) is 3.30. The van der Waals surface area contributed by atoms with Crippen molar-refractivity contribution in [1.82, 2.24) is 9.88 Å². The monoisotopic (exact) mass is 330 g/mol. The lowest BCUT2D eigenvalue weighted by Crippen LogP contribution is -2.48. The number of nitrogens with zero attached hydrogens (tertiary/aromatic N) is 4. The van der Waals surface area contributed by atoms with Crippen LogP contribution in [-0.4, -0.2) is 47.6 Å². The fraction of sp³-hybridized carbons (Fsp3) is 0.562. The number of hydrogen-bond acceptors (Lipinski definition) is 7. The molecule has 1 amide bonds. The number of carbonyl (C=O) groups is 2. The van der Waals surface area contributed by atoms with E-state index in [-0.39, 0.29) is 17.5 Å². The van der Waals surface area contributed by atoms with Crippen molar-refractivity contribution >= 4 is 11.9 Å². The number of aromatic nitrogens is 1. The maximum absolute atomic E-state index is 12.2. The van der Waals surface area contributed by atoms with Crippen LogP contribution >= 0.6 is 0 Å². The van der Waals surface area contributed by atoms with Gasteiger partial charge in [-0.05, 0) is 0 Å². The lowest BCUT2D eigenvalue weighted by atomic mass is 9.97. The van der Waals surface area contributed by atoms with Crippen LogP contribution in [0.5, 0.6) is 0 Å². The molecular weight excluding hydrogens is 312 g/mol. The van der Waals surface area contributed by atoms with E-state index in [9.17, 15) is 9.59 Å². The van der Waals surface area contributed by atoms with Crippen LogP contribution in [0.2, 0.25) is 0 Å². The van der Waals surface area contributed by atoms with Crippen LogP contribution in [0.15, 0.2) is 20.9 Å². The van der Waals surface area contributed by atoms with Gasteiger partial charge in [0.05, 0.1) is 13.0 Å². The summed E-state index contributed by atoms with van der Waals surface area (Å²) in [5.74, 6) is 2.56. The highest BCUT2D eigenvalue weighted by molar-refractivity contribution is 5.86. The quantitative estimate of drug-likeness (QED) is 0.560. The molecule has 0 bridgehead atoms. The second-order valence-electron chi connectivity index (χ2n) is 5.94.